The Labute approximate surface area is 131 Å². The molecule has 1 aromatic carbocycles. The predicted molar refractivity (Wildman–Crippen MR) is 84.6 cm³/mol. The molecule has 0 fully saturated rings. The largest absolute Gasteiger partial charge is 0.479 e. The van der Waals surface area contributed by atoms with Gasteiger partial charge in [0.1, 0.15) is 5.75 Å². The zero-order valence-corrected chi connectivity index (χ0v) is 13.6. The summed E-state index contributed by atoms with van der Waals surface area (Å²) in [5.74, 6) is 0.500. The molecule has 0 heterocycles. The summed E-state index contributed by atoms with van der Waals surface area (Å²) in [6.07, 6.45) is 0.0892. The summed E-state index contributed by atoms with van der Waals surface area (Å²) in [6.45, 7) is 6.20. The Balaban J connectivity index is 2.48. The number of hydrogen-bond donors (Lipinski definition) is 2. The average Bonchev–Trinajstić information content (AvgIpc) is 2.46. The van der Waals surface area contributed by atoms with E-state index in [2.05, 4.69) is 5.32 Å². The fourth-order valence-corrected chi connectivity index (χ4v) is 1.99. The number of amides is 1. The molecule has 0 radical (unpaired) electrons. The molecule has 0 spiro atoms. The van der Waals surface area contributed by atoms with Crippen molar-refractivity contribution >= 4 is 17.5 Å². The summed E-state index contributed by atoms with van der Waals surface area (Å²) in [6, 6.07) is 7.08. The number of para-hydroxylation sites is 1. The van der Waals surface area contributed by atoms with Gasteiger partial charge in [-0.3, -0.25) is 4.79 Å². The van der Waals surface area contributed by atoms with E-state index in [0.29, 0.717) is 30.2 Å². The Morgan fingerprint density at radius 1 is 1.38 bits per heavy atom. The van der Waals surface area contributed by atoms with Gasteiger partial charge in [0.25, 0.3) is 5.91 Å². The van der Waals surface area contributed by atoms with E-state index >= 15 is 0 Å². The van der Waals surface area contributed by atoms with Crippen LogP contribution >= 0.6 is 11.6 Å². The van der Waals surface area contributed by atoms with Gasteiger partial charge in [-0.2, -0.15) is 0 Å². The third kappa shape index (κ3) is 5.94. The predicted octanol–water partition coefficient (Wildman–Crippen LogP) is 3.02. The van der Waals surface area contributed by atoms with Crippen molar-refractivity contribution in [1.29, 1.82) is 0 Å². The van der Waals surface area contributed by atoms with Gasteiger partial charge in [-0.05, 0) is 30.9 Å². The number of aliphatic hydroxyl groups is 1. The van der Waals surface area contributed by atoms with Crippen LogP contribution in [0.3, 0.4) is 0 Å². The maximum Gasteiger partial charge on any atom is 0.261 e. The van der Waals surface area contributed by atoms with E-state index < -0.39 is 12.2 Å². The quantitative estimate of drug-likeness (QED) is 0.775. The number of halogens is 1. The van der Waals surface area contributed by atoms with E-state index in [-0.39, 0.29) is 11.8 Å². The first-order valence-corrected chi connectivity index (χ1v) is 7.70. The van der Waals surface area contributed by atoms with Crippen LogP contribution in [-0.4, -0.2) is 29.8 Å². The van der Waals surface area contributed by atoms with Crippen LogP contribution in [0.15, 0.2) is 24.3 Å². The molecule has 1 aromatic rings. The van der Waals surface area contributed by atoms with Gasteiger partial charge >= 0.3 is 0 Å². The molecule has 2 N–H and O–H groups in total. The topological polar surface area (TPSA) is 58.6 Å². The SMILES string of the molecule is CCC(Oc1ccccc1Cl)C(=O)NCCC(O)C(C)C. The molecule has 2 atom stereocenters. The lowest BCUT2D eigenvalue weighted by Gasteiger charge is -2.19. The van der Waals surface area contributed by atoms with Gasteiger partial charge in [0.15, 0.2) is 6.10 Å². The van der Waals surface area contributed by atoms with Gasteiger partial charge in [0, 0.05) is 6.54 Å². The second kappa shape index (κ2) is 8.90. The first kappa shape index (κ1) is 17.8. The third-order valence-electron chi connectivity index (χ3n) is 3.28. The maximum atomic E-state index is 12.1. The molecule has 0 saturated heterocycles. The van der Waals surface area contributed by atoms with Crippen molar-refractivity contribution in [2.24, 2.45) is 5.92 Å². The van der Waals surface area contributed by atoms with Gasteiger partial charge < -0.3 is 15.2 Å². The molecule has 1 rings (SSSR count). The molecular formula is C16H24ClNO3. The van der Waals surface area contributed by atoms with Crippen molar-refractivity contribution < 1.29 is 14.6 Å². The monoisotopic (exact) mass is 313 g/mol. The van der Waals surface area contributed by atoms with Crippen LogP contribution in [0.2, 0.25) is 5.02 Å². The van der Waals surface area contributed by atoms with Crippen LogP contribution in [0.1, 0.15) is 33.6 Å². The number of carbonyl (C=O) groups is 1. The minimum Gasteiger partial charge on any atom is -0.479 e. The van der Waals surface area contributed by atoms with Crippen LogP contribution in [0.5, 0.6) is 5.75 Å². The van der Waals surface area contributed by atoms with Gasteiger partial charge in [-0.1, -0.05) is 44.5 Å². The first-order chi connectivity index (χ1) is 9.95. The van der Waals surface area contributed by atoms with Crippen molar-refractivity contribution in [1.82, 2.24) is 5.32 Å². The fourth-order valence-electron chi connectivity index (χ4n) is 1.81. The summed E-state index contributed by atoms with van der Waals surface area (Å²) in [7, 11) is 0. The summed E-state index contributed by atoms with van der Waals surface area (Å²) < 4.78 is 5.65. The molecule has 0 aliphatic rings. The number of hydrogen-bond acceptors (Lipinski definition) is 3. The lowest BCUT2D eigenvalue weighted by atomic mass is 10.0. The Bertz CT molecular complexity index is 451. The van der Waals surface area contributed by atoms with Crippen molar-refractivity contribution in [2.45, 2.75) is 45.8 Å². The molecule has 21 heavy (non-hydrogen) atoms. The molecule has 1 amide bonds. The lowest BCUT2D eigenvalue weighted by Crippen LogP contribution is -2.39. The summed E-state index contributed by atoms with van der Waals surface area (Å²) in [5.41, 5.74) is 0. The van der Waals surface area contributed by atoms with Crippen molar-refractivity contribution in [3.63, 3.8) is 0 Å². The Kier molecular flexibility index (Phi) is 7.54. The van der Waals surface area contributed by atoms with Crippen molar-refractivity contribution in [3.8, 4) is 5.75 Å². The molecule has 4 nitrogen and oxygen atoms in total. The Morgan fingerprint density at radius 3 is 2.62 bits per heavy atom. The van der Waals surface area contributed by atoms with Crippen LogP contribution in [0.25, 0.3) is 0 Å². The van der Waals surface area contributed by atoms with E-state index in [9.17, 15) is 9.90 Å². The highest BCUT2D eigenvalue weighted by atomic mass is 35.5. The molecule has 0 saturated carbocycles. The number of benzene rings is 1. The molecule has 0 aromatic heterocycles. The molecular weight excluding hydrogens is 290 g/mol. The van der Waals surface area contributed by atoms with Crippen LogP contribution in [0.4, 0.5) is 0 Å². The van der Waals surface area contributed by atoms with E-state index in [1.807, 2.05) is 32.9 Å². The molecule has 118 valence electrons. The second-order valence-corrected chi connectivity index (χ2v) is 5.74. The van der Waals surface area contributed by atoms with E-state index in [4.69, 9.17) is 16.3 Å². The highest BCUT2D eigenvalue weighted by Gasteiger charge is 2.19. The minimum atomic E-state index is -0.582. The van der Waals surface area contributed by atoms with Crippen LogP contribution in [-0.2, 0) is 4.79 Å². The zero-order valence-electron chi connectivity index (χ0n) is 12.8. The summed E-state index contributed by atoms with van der Waals surface area (Å²) in [4.78, 5) is 12.1. The van der Waals surface area contributed by atoms with Gasteiger partial charge in [-0.25, -0.2) is 0 Å². The van der Waals surface area contributed by atoms with Crippen molar-refractivity contribution in [3.05, 3.63) is 29.3 Å². The highest BCUT2D eigenvalue weighted by Crippen LogP contribution is 2.24. The maximum absolute atomic E-state index is 12.1. The lowest BCUT2D eigenvalue weighted by molar-refractivity contribution is -0.128. The Morgan fingerprint density at radius 2 is 2.05 bits per heavy atom. The standard InChI is InChI=1S/C16H24ClNO3/c1-4-14(21-15-8-6-5-7-12(15)17)16(20)18-10-9-13(19)11(2)3/h5-8,11,13-14,19H,4,9-10H2,1-3H3,(H,18,20). The number of carbonyl (C=O) groups excluding carboxylic acids is 1. The molecule has 0 aliphatic carbocycles. The second-order valence-electron chi connectivity index (χ2n) is 5.34. The Hall–Kier alpha value is -1.26. The zero-order chi connectivity index (χ0) is 15.8. The third-order valence-corrected chi connectivity index (χ3v) is 3.59. The van der Waals surface area contributed by atoms with Gasteiger partial charge in [0.2, 0.25) is 0 Å². The van der Waals surface area contributed by atoms with Gasteiger partial charge in [-0.15, -0.1) is 0 Å². The molecule has 5 heteroatoms. The molecule has 2 unspecified atom stereocenters. The number of nitrogens with one attached hydrogen (secondary N) is 1. The van der Waals surface area contributed by atoms with E-state index in [1.165, 1.54) is 0 Å². The van der Waals surface area contributed by atoms with E-state index in [0.717, 1.165) is 0 Å². The summed E-state index contributed by atoms with van der Waals surface area (Å²) in [5, 5.41) is 13.0. The highest BCUT2D eigenvalue weighted by molar-refractivity contribution is 6.32. The van der Waals surface area contributed by atoms with Gasteiger partial charge in [0.05, 0.1) is 11.1 Å². The number of rotatable bonds is 8. The molecule has 0 aliphatic heterocycles. The fraction of sp³-hybridized carbons (Fsp3) is 0.562. The number of aliphatic hydroxyl groups excluding tert-OH is 1. The first-order valence-electron chi connectivity index (χ1n) is 7.32. The molecule has 0 bridgehead atoms. The normalized spacial score (nSPS) is 13.8. The van der Waals surface area contributed by atoms with Crippen LogP contribution < -0.4 is 10.1 Å². The average molecular weight is 314 g/mol. The van der Waals surface area contributed by atoms with Crippen molar-refractivity contribution in [2.75, 3.05) is 6.54 Å². The van der Waals surface area contributed by atoms with Crippen LogP contribution in [0, 0.1) is 5.92 Å². The summed E-state index contributed by atoms with van der Waals surface area (Å²) >= 11 is 6.02. The smallest absolute Gasteiger partial charge is 0.261 e. The van der Waals surface area contributed by atoms with E-state index in [1.54, 1.807) is 12.1 Å². The minimum absolute atomic E-state index is 0.184. The number of ether oxygens (including phenoxy) is 1.